The quantitative estimate of drug-likeness (QED) is 0.620. The molecule has 0 saturated carbocycles. The molecule has 1 saturated heterocycles. The maximum Gasteiger partial charge on any atom is 0.402 e. The molecule has 1 aromatic heterocycles. The molecule has 1 unspecified atom stereocenters. The predicted molar refractivity (Wildman–Crippen MR) is 92.0 cm³/mol. The second kappa shape index (κ2) is 6.82. The van der Waals surface area contributed by atoms with Gasteiger partial charge < -0.3 is 19.8 Å². The van der Waals surface area contributed by atoms with E-state index in [2.05, 4.69) is 9.72 Å². The van der Waals surface area contributed by atoms with Crippen molar-refractivity contribution in [2.45, 2.75) is 50.9 Å². The van der Waals surface area contributed by atoms with Crippen LogP contribution in [-0.4, -0.2) is 48.8 Å². The minimum atomic E-state index is -3.03. The molecule has 26 heavy (non-hydrogen) atoms. The second-order valence-corrected chi connectivity index (χ2v) is 9.43. The molecule has 2 N–H and O–H groups in total. The van der Waals surface area contributed by atoms with Crippen molar-refractivity contribution in [1.82, 2.24) is 9.55 Å². The summed E-state index contributed by atoms with van der Waals surface area (Å²) in [7, 11) is -1.37. The number of aromatic nitrogens is 1. The molecule has 0 spiro atoms. The second-order valence-electron chi connectivity index (χ2n) is 7.05. The summed E-state index contributed by atoms with van der Waals surface area (Å²) in [6.45, 7) is 6.33. The van der Waals surface area contributed by atoms with E-state index in [1.807, 2.05) is 0 Å². The Morgan fingerprint density at radius 2 is 2.04 bits per heavy atom. The number of hydrogen-bond donors (Lipinski definition) is 1. The van der Waals surface area contributed by atoms with Gasteiger partial charge in [0, 0.05) is 12.0 Å². The first kappa shape index (κ1) is 20.1. The van der Waals surface area contributed by atoms with E-state index in [4.69, 9.17) is 10.5 Å². The Balaban J connectivity index is 2.48. The molecular weight excluding hydrogens is 364 g/mol. The van der Waals surface area contributed by atoms with Gasteiger partial charge in [0.05, 0.1) is 25.0 Å². The number of nitrogens with zero attached hydrogens (tertiary/aromatic N) is 2. The zero-order valence-corrected chi connectivity index (χ0v) is 16.3. The number of esters is 1. The Bertz CT molecular complexity index is 724. The van der Waals surface area contributed by atoms with Gasteiger partial charge in [0.25, 0.3) is 14.5 Å². The summed E-state index contributed by atoms with van der Waals surface area (Å²) in [5, 5.41) is 0. The molecular formula is C16H22F2N3O4Si. The van der Waals surface area contributed by atoms with E-state index in [0.29, 0.717) is 0 Å². The number of pyridine rings is 1. The number of methoxy groups -OCH3 is 1. The van der Waals surface area contributed by atoms with Gasteiger partial charge in [-0.2, -0.15) is 0 Å². The summed E-state index contributed by atoms with van der Waals surface area (Å²) < 4.78 is 39.8. The van der Waals surface area contributed by atoms with E-state index in [1.165, 1.54) is 25.9 Å². The van der Waals surface area contributed by atoms with Gasteiger partial charge in [0.2, 0.25) is 0 Å². The van der Waals surface area contributed by atoms with Crippen LogP contribution in [0.4, 0.5) is 19.3 Å². The number of anilines is 1. The molecule has 2 rings (SSSR count). The van der Waals surface area contributed by atoms with Gasteiger partial charge in [-0.15, -0.1) is 0 Å². The predicted octanol–water partition coefficient (Wildman–Crippen LogP) is 2.93. The van der Waals surface area contributed by atoms with Crippen molar-refractivity contribution in [3.8, 4) is 0 Å². The van der Waals surface area contributed by atoms with Crippen LogP contribution < -0.4 is 5.73 Å². The third kappa shape index (κ3) is 3.95. The summed E-state index contributed by atoms with van der Waals surface area (Å²) in [4.78, 5) is 28.1. The highest BCUT2D eigenvalue weighted by Gasteiger charge is 2.57. The lowest BCUT2D eigenvalue weighted by Crippen LogP contribution is -2.47. The van der Waals surface area contributed by atoms with E-state index in [1.54, 1.807) is 20.8 Å². The van der Waals surface area contributed by atoms with Crippen LogP contribution in [0, 0.1) is 0 Å². The molecule has 1 fully saturated rings. The zero-order valence-electron chi connectivity index (χ0n) is 15.3. The maximum atomic E-state index is 14.4. The van der Waals surface area contributed by atoms with E-state index in [0.717, 1.165) is 4.57 Å². The van der Waals surface area contributed by atoms with E-state index < -0.39 is 44.6 Å². The van der Waals surface area contributed by atoms with E-state index in [9.17, 15) is 18.4 Å². The summed E-state index contributed by atoms with van der Waals surface area (Å²) in [6.07, 6.45) is -0.217. The number of carbonyl (C=O) groups is 2. The number of halogens is 2. The molecule has 1 atom stereocenters. The van der Waals surface area contributed by atoms with Crippen LogP contribution in [0.2, 0.25) is 6.55 Å². The van der Waals surface area contributed by atoms with Crippen LogP contribution in [-0.2, 0) is 9.47 Å². The minimum absolute atomic E-state index is 0.0686. The van der Waals surface area contributed by atoms with Crippen molar-refractivity contribution in [3.05, 3.63) is 23.5 Å². The Morgan fingerprint density at radius 1 is 1.42 bits per heavy atom. The van der Waals surface area contributed by atoms with Crippen LogP contribution in [0.25, 0.3) is 0 Å². The van der Waals surface area contributed by atoms with Gasteiger partial charge in [-0.25, -0.2) is 23.4 Å². The van der Waals surface area contributed by atoms with Crippen LogP contribution in [0.3, 0.4) is 0 Å². The lowest BCUT2D eigenvalue weighted by Gasteiger charge is -2.31. The fourth-order valence-electron chi connectivity index (χ4n) is 2.70. The summed E-state index contributed by atoms with van der Waals surface area (Å²) in [5.41, 5.74) is 2.32. The average Bonchev–Trinajstić information content (AvgIpc) is 2.75. The number of ether oxygens (including phenoxy) is 2. The minimum Gasteiger partial charge on any atom is -0.464 e. The van der Waals surface area contributed by atoms with Crippen LogP contribution in [0.5, 0.6) is 0 Å². The molecule has 2 heterocycles. The topological polar surface area (TPSA) is 94.8 Å². The molecule has 1 aliphatic heterocycles. The van der Waals surface area contributed by atoms with Crippen molar-refractivity contribution in [3.63, 3.8) is 0 Å². The third-order valence-electron chi connectivity index (χ3n) is 3.96. The summed E-state index contributed by atoms with van der Waals surface area (Å²) in [6, 6.07) is 0.282. The first-order valence-electron chi connectivity index (χ1n) is 7.95. The summed E-state index contributed by atoms with van der Waals surface area (Å²) in [5.74, 6) is -0.721. The van der Waals surface area contributed by atoms with E-state index in [-0.39, 0.29) is 16.9 Å². The molecule has 0 bridgehead atoms. The number of carbonyl (C=O) groups excluding carboxylic acids is 2. The van der Waals surface area contributed by atoms with Gasteiger partial charge in [0.1, 0.15) is 11.3 Å². The lowest BCUT2D eigenvalue weighted by atomic mass is 10.0. The Kier molecular flexibility index (Phi) is 5.27. The molecule has 0 aromatic carbocycles. The number of nitrogens with two attached hydrogens (primary N) is 1. The molecule has 7 nitrogen and oxygen atoms in total. The van der Waals surface area contributed by atoms with Gasteiger partial charge in [-0.3, -0.25) is 0 Å². The maximum absolute atomic E-state index is 14.4. The Hall–Kier alpha value is -2.23. The number of nitrogen functional groups attached to an aromatic ring is 1. The summed E-state index contributed by atoms with van der Waals surface area (Å²) >= 11 is 0. The fourth-order valence-corrected chi connectivity index (χ4v) is 4.56. The highest BCUT2D eigenvalue weighted by atomic mass is 28.3. The molecule has 143 valence electrons. The van der Waals surface area contributed by atoms with Gasteiger partial charge >= 0.3 is 12.1 Å². The molecule has 1 radical (unpaired) electrons. The van der Waals surface area contributed by atoms with Gasteiger partial charge in [-0.1, -0.05) is 0 Å². The smallest absolute Gasteiger partial charge is 0.402 e. The van der Waals surface area contributed by atoms with Gasteiger partial charge in [0.15, 0.2) is 0 Å². The van der Waals surface area contributed by atoms with Crippen molar-refractivity contribution in [1.29, 1.82) is 0 Å². The Morgan fingerprint density at radius 3 is 2.58 bits per heavy atom. The molecule has 1 aliphatic rings. The Labute approximate surface area is 152 Å². The van der Waals surface area contributed by atoms with Crippen LogP contribution >= 0.6 is 0 Å². The number of hydrogen-bond acceptors (Lipinski definition) is 6. The average molecular weight is 386 g/mol. The first-order valence-corrected chi connectivity index (χ1v) is 9.90. The van der Waals surface area contributed by atoms with Crippen LogP contribution in [0.1, 0.15) is 49.3 Å². The largest absolute Gasteiger partial charge is 0.464 e. The van der Waals surface area contributed by atoms with Crippen molar-refractivity contribution < 1.29 is 27.8 Å². The number of rotatable bonds is 2. The highest BCUT2D eigenvalue weighted by molar-refractivity contribution is 6.60. The molecule has 10 heteroatoms. The first-order chi connectivity index (χ1) is 11.9. The SMILES string of the molecule is COC(=O)c1cc(C2CC(F)(F)[Si](C)N2C(=O)OC(C)(C)C)c(N)cn1. The standard InChI is InChI=1S/C16H22F2N3O4Si/c1-15(2,3)25-14(23)21-12(7-16(17,18)26(21)5)9-6-11(13(22)24-4)20-8-10(9)19/h6,8,12H,7,19H2,1-5H3. The molecule has 1 aromatic rings. The van der Waals surface area contributed by atoms with Crippen LogP contribution in [0.15, 0.2) is 12.3 Å². The zero-order chi connectivity index (χ0) is 19.9. The van der Waals surface area contributed by atoms with Crippen molar-refractivity contribution >= 4 is 26.7 Å². The molecule has 0 aliphatic carbocycles. The van der Waals surface area contributed by atoms with E-state index >= 15 is 0 Å². The monoisotopic (exact) mass is 386 g/mol. The fraction of sp³-hybridized carbons (Fsp3) is 0.562. The van der Waals surface area contributed by atoms with Gasteiger partial charge in [-0.05, 0) is 33.4 Å². The van der Waals surface area contributed by atoms with Crippen molar-refractivity contribution in [2.24, 2.45) is 0 Å². The number of alkyl halides is 2. The normalized spacial score (nSPS) is 20.1. The van der Waals surface area contributed by atoms with Crippen molar-refractivity contribution in [2.75, 3.05) is 12.8 Å². The number of amides is 1. The molecule has 1 amide bonds. The third-order valence-corrected chi connectivity index (χ3v) is 6.44. The lowest BCUT2D eigenvalue weighted by molar-refractivity contribution is 0.0339. The highest BCUT2D eigenvalue weighted by Crippen LogP contribution is 2.45.